The lowest BCUT2D eigenvalue weighted by atomic mass is 10.0. The zero-order valence-electron chi connectivity index (χ0n) is 24.7. The molecule has 46 heavy (non-hydrogen) atoms. The Bertz CT molecular complexity index is 1860. The van der Waals surface area contributed by atoms with E-state index in [9.17, 15) is 33.0 Å². The summed E-state index contributed by atoms with van der Waals surface area (Å²) in [6.45, 7) is 1.81. The van der Waals surface area contributed by atoms with E-state index in [2.05, 4.69) is 15.3 Å². The van der Waals surface area contributed by atoms with Crippen LogP contribution in [-0.4, -0.2) is 78.6 Å². The van der Waals surface area contributed by atoms with Gasteiger partial charge in [-0.1, -0.05) is 6.07 Å². The smallest absolute Gasteiger partial charge is 0.418 e. The summed E-state index contributed by atoms with van der Waals surface area (Å²) >= 11 is 0. The number of anilines is 4. The number of nitrogens with zero attached hydrogens (tertiary/aromatic N) is 5. The molecule has 0 bridgehead atoms. The maximum absolute atomic E-state index is 14.7. The minimum Gasteiger partial charge on any atom is -0.481 e. The number of pyridine rings is 2. The molecule has 238 valence electrons. The van der Waals surface area contributed by atoms with Crippen LogP contribution in [0.3, 0.4) is 0 Å². The van der Waals surface area contributed by atoms with E-state index in [1.54, 1.807) is 42.4 Å². The minimum atomic E-state index is -4.73. The number of aliphatic carboxylic acids is 2. The molecule has 0 radical (unpaired) electrons. The third kappa shape index (κ3) is 5.51. The highest BCUT2D eigenvalue weighted by Crippen LogP contribution is 2.50. The van der Waals surface area contributed by atoms with Gasteiger partial charge in [0.05, 0.1) is 41.3 Å². The highest BCUT2D eigenvalue weighted by molar-refractivity contribution is 6.07. The second kappa shape index (κ2) is 11.9. The molecule has 4 aromatic rings. The lowest BCUT2D eigenvalue weighted by Gasteiger charge is -2.34. The Morgan fingerprint density at radius 1 is 0.978 bits per heavy atom. The second-order valence-corrected chi connectivity index (χ2v) is 10.8. The van der Waals surface area contributed by atoms with Gasteiger partial charge in [-0.05, 0) is 42.0 Å². The molecule has 0 aliphatic carbocycles. The van der Waals surface area contributed by atoms with Gasteiger partial charge in [0.25, 0.3) is 0 Å². The Morgan fingerprint density at radius 2 is 1.72 bits per heavy atom. The first kappa shape index (κ1) is 30.6. The van der Waals surface area contributed by atoms with Gasteiger partial charge in [0, 0.05) is 73.9 Å². The summed E-state index contributed by atoms with van der Waals surface area (Å²) in [5, 5.41) is 23.4. The van der Waals surface area contributed by atoms with Crippen LogP contribution >= 0.6 is 0 Å². The number of ether oxygens (including phenoxy) is 1. The van der Waals surface area contributed by atoms with Crippen LogP contribution < -0.4 is 24.8 Å². The first-order valence-corrected chi connectivity index (χ1v) is 14.3. The number of rotatable bonds is 7. The van der Waals surface area contributed by atoms with Gasteiger partial charge in [0.1, 0.15) is 6.17 Å². The predicted molar refractivity (Wildman–Crippen MR) is 166 cm³/mol. The van der Waals surface area contributed by atoms with Gasteiger partial charge in [0.2, 0.25) is 5.88 Å². The van der Waals surface area contributed by atoms with Crippen LogP contribution in [0.4, 0.5) is 35.9 Å². The summed E-state index contributed by atoms with van der Waals surface area (Å²) < 4.78 is 49.2. The Morgan fingerprint density at radius 3 is 2.35 bits per heavy atom. The van der Waals surface area contributed by atoms with E-state index in [1.807, 2.05) is 6.07 Å². The quantitative estimate of drug-likeness (QED) is 0.244. The van der Waals surface area contributed by atoms with Crippen LogP contribution in [0.25, 0.3) is 22.0 Å². The lowest BCUT2D eigenvalue weighted by Crippen LogP contribution is -2.44. The normalized spacial score (nSPS) is 16.9. The lowest BCUT2D eigenvalue weighted by molar-refractivity contribution is -0.137. The van der Waals surface area contributed by atoms with Crippen LogP contribution in [-0.2, 0) is 15.8 Å². The van der Waals surface area contributed by atoms with Gasteiger partial charge in [-0.25, -0.2) is 14.6 Å². The number of hydrogen-bond donors (Lipinski definition) is 3. The Hall–Kier alpha value is -5.37. The fraction of sp³-hybridized carbons (Fsp3) is 0.250. The first-order valence-electron chi connectivity index (χ1n) is 14.3. The fourth-order valence-corrected chi connectivity index (χ4v) is 6.04. The molecule has 4 heterocycles. The highest BCUT2D eigenvalue weighted by Gasteiger charge is 2.43. The maximum atomic E-state index is 14.7. The maximum Gasteiger partial charge on any atom is 0.418 e. The van der Waals surface area contributed by atoms with Crippen molar-refractivity contribution in [2.45, 2.75) is 12.3 Å². The van der Waals surface area contributed by atoms with Crippen molar-refractivity contribution in [2.75, 3.05) is 55.0 Å². The monoisotopic (exact) mass is 634 g/mol. The standard InChI is InChI=1S/C32H29F3N6O5/c1-39-26-17-37-24-6-3-18(19-4-8-27(46-2)38-16-19)13-21(24)29(26)41(30(39)22(31(44)45)15-28(42)43)20-5-7-25(23(14-20)32(33,34)35)40-11-9-36-10-12-40/h3-8,13-17,30,36H,9-12H2,1-2H3,(H,42,43)(H,44,45)/b22-15-. The van der Waals surface area contributed by atoms with Crippen molar-refractivity contribution in [2.24, 2.45) is 0 Å². The van der Waals surface area contributed by atoms with E-state index < -0.39 is 35.4 Å². The second-order valence-electron chi connectivity index (χ2n) is 10.8. The molecule has 3 N–H and O–H groups in total. The van der Waals surface area contributed by atoms with Crippen LogP contribution in [0.15, 0.2) is 72.6 Å². The number of piperazine rings is 1. The van der Waals surface area contributed by atoms with E-state index >= 15 is 0 Å². The number of halogens is 3. The fourth-order valence-electron chi connectivity index (χ4n) is 6.04. The number of carbonyl (C=O) groups is 2. The number of aromatic nitrogens is 2. The number of hydrogen-bond acceptors (Lipinski definition) is 9. The summed E-state index contributed by atoms with van der Waals surface area (Å²) in [7, 11) is 3.05. The summed E-state index contributed by atoms with van der Waals surface area (Å²) in [5.41, 5.74) is 1.33. The highest BCUT2D eigenvalue weighted by atomic mass is 19.4. The molecule has 14 heteroatoms. The number of fused-ring (bicyclic) bond motifs is 3. The molecule has 1 unspecified atom stereocenters. The molecule has 2 aromatic carbocycles. The summed E-state index contributed by atoms with van der Waals surface area (Å²) in [6, 6.07) is 12.8. The minimum absolute atomic E-state index is 0.00971. The molecule has 0 spiro atoms. The van der Waals surface area contributed by atoms with Gasteiger partial charge in [-0.15, -0.1) is 0 Å². The number of alkyl halides is 3. The van der Waals surface area contributed by atoms with E-state index in [4.69, 9.17) is 4.74 Å². The van der Waals surface area contributed by atoms with E-state index in [1.165, 1.54) is 35.2 Å². The Kier molecular flexibility index (Phi) is 7.90. The van der Waals surface area contributed by atoms with Crippen molar-refractivity contribution in [3.63, 3.8) is 0 Å². The van der Waals surface area contributed by atoms with Crippen molar-refractivity contribution in [1.82, 2.24) is 15.3 Å². The van der Waals surface area contributed by atoms with Crippen LogP contribution in [0, 0.1) is 0 Å². The van der Waals surface area contributed by atoms with Crippen molar-refractivity contribution >= 4 is 45.6 Å². The number of nitrogens with one attached hydrogen (secondary N) is 1. The number of methoxy groups -OCH3 is 1. The zero-order chi connectivity index (χ0) is 32.7. The SMILES string of the molecule is COc1ccc(-c2ccc3ncc4c(c3c2)N(c2ccc(N3CCNCC3)c(C(F)(F)F)c2)C(/C(=C/C(=O)O)C(=O)O)N4C)cn1. The summed E-state index contributed by atoms with van der Waals surface area (Å²) in [4.78, 5) is 37.7. The molecule has 2 aromatic heterocycles. The van der Waals surface area contributed by atoms with Crippen molar-refractivity contribution in [3.05, 3.63) is 78.1 Å². The number of benzene rings is 2. The van der Waals surface area contributed by atoms with Gasteiger partial charge in [-0.2, -0.15) is 13.2 Å². The molecule has 1 saturated heterocycles. The van der Waals surface area contributed by atoms with Gasteiger partial charge >= 0.3 is 18.1 Å². The van der Waals surface area contributed by atoms with Gasteiger partial charge < -0.3 is 35.0 Å². The zero-order valence-corrected chi connectivity index (χ0v) is 24.7. The molecule has 1 fully saturated rings. The van der Waals surface area contributed by atoms with Crippen molar-refractivity contribution < 1.29 is 37.7 Å². The summed E-state index contributed by atoms with van der Waals surface area (Å²) in [6.07, 6.45) is -2.38. The third-order valence-electron chi connectivity index (χ3n) is 8.16. The molecular formula is C32H29F3N6O5. The number of likely N-dealkylation sites (N-methyl/N-ethyl adjacent to an activating group) is 1. The van der Waals surface area contributed by atoms with Gasteiger partial charge in [0.15, 0.2) is 0 Å². The summed E-state index contributed by atoms with van der Waals surface area (Å²) in [5.74, 6) is -2.63. The Balaban J connectivity index is 1.60. The van der Waals surface area contributed by atoms with Crippen molar-refractivity contribution in [3.8, 4) is 17.0 Å². The largest absolute Gasteiger partial charge is 0.481 e. The van der Waals surface area contributed by atoms with E-state index in [0.717, 1.165) is 11.6 Å². The molecule has 11 nitrogen and oxygen atoms in total. The Labute approximate surface area is 261 Å². The van der Waals surface area contributed by atoms with E-state index in [0.29, 0.717) is 66.0 Å². The van der Waals surface area contributed by atoms with Crippen LogP contribution in [0.2, 0.25) is 0 Å². The molecule has 0 saturated carbocycles. The van der Waals surface area contributed by atoms with Crippen LogP contribution in [0.5, 0.6) is 5.88 Å². The average molecular weight is 635 g/mol. The first-order chi connectivity index (χ1) is 22.0. The number of carboxylic acids is 2. The molecule has 2 aliphatic heterocycles. The van der Waals surface area contributed by atoms with Crippen molar-refractivity contribution in [1.29, 1.82) is 0 Å². The molecule has 6 rings (SSSR count). The van der Waals surface area contributed by atoms with Gasteiger partial charge in [-0.3, -0.25) is 4.98 Å². The van der Waals surface area contributed by atoms with E-state index in [-0.39, 0.29) is 11.4 Å². The number of carboxylic acid groups (broad SMARTS) is 2. The van der Waals surface area contributed by atoms with Crippen LogP contribution in [0.1, 0.15) is 5.56 Å². The molecular weight excluding hydrogens is 605 g/mol. The molecule has 2 aliphatic rings. The topological polar surface area (TPSA) is 131 Å². The average Bonchev–Trinajstić information content (AvgIpc) is 3.35. The third-order valence-corrected chi connectivity index (χ3v) is 8.16. The molecule has 0 amide bonds. The predicted octanol–water partition coefficient (Wildman–Crippen LogP) is 4.74. The molecule has 1 atom stereocenters.